The molecule has 0 saturated heterocycles. The van der Waals surface area contributed by atoms with E-state index in [0.29, 0.717) is 5.56 Å². The van der Waals surface area contributed by atoms with Crippen molar-refractivity contribution in [3.05, 3.63) is 30.1 Å². The van der Waals surface area contributed by atoms with Crippen molar-refractivity contribution < 1.29 is 9.90 Å². The van der Waals surface area contributed by atoms with Crippen LogP contribution in [-0.4, -0.2) is 20.6 Å². The molecule has 0 radical (unpaired) electrons. The first-order valence-corrected chi connectivity index (χ1v) is 5.10. The Hall–Kier alpha value is -1.84. The molecule has 0 aliphatic heterocycles. The molecule has 1 aromatic carbocycles. The third-order valence-electron chi connectivity index (χ3n) is 2.52. The van der Waals surface area contributed by atoms with Gasteiger partial charge in [-0.3, -0.25) is 0 Å². The predicted molar refractivity (Wildman–Crippen MR) is 61.7 cm³/mol. The molecule has 4 heteroatoms. The van der Waals surface area contributed by atoms with Crippen LogP contribution in [0.5, 0.6) is 0 Å². The van der Waals surface area contributed by atoms with Crippen LogP contribution in [0.1, 0.15) is 31.1 Å². The quantitative estimate of drug-likeness (QED) is 0.800. The third-order valence-corrected chi connectivity index (χ3v) is 2.52. The van der Waals surface area contributed by atoms with Gasteiger partial charge >= 0.3 is 5.97 Å². The highest BCUT2D eigenvalue weighted by molar-refractivity contribution is 5.92. The number of carboxylic acid groups (broad SMARTS) is 1. The van der Waals surface area contributed by atoms with Crippen molar-refractivity contribution in [2.45, 2.75) is 26.3 Å². The van der Waals surface area contributed by atoms with Crippen LogP contribution in [0.25, 0.3) is 11.0 Å². The highest BCUT2D eigenvalue weighted by Crippen LogP contribution is 2.22. The number of hydrogen-bond acceptors (Lipinski definition) is 2. The van der Waals surface area contributed by atoms with E-state index in [1.807, 2.05) is 4.57 Å². The number of aromatic nitrogens is 2. The number of carbonyl (C=O) groups is 1. The zero-order valence-corrected chi connectivity index (χ0v) is 9.56. The van der Waals surface area contributed by atoms with Gasteiger partial charge in [-0.25, -0.2) is 9.78 Å². The van der Waals surface area contributed by atoms with Gasteiger partial charge in [0, 0.05) is 5.54 Å². The van der Waals surface area contributed by atoms with Gasteiger partial charge < -0.3 is 9.67 Å². The molecule has 0 spiro atoms. The van der Waals surface area contributed by atoms with E-state index in [0.717, 1.165) is 11.0 Å². The number of benzene rings is 1. The lowest BCUT2D eigenvalue weighted by Gasteiger charge is -2.21. The molecule has 2 rings (SSSR count). The fourth-order valence-electron chi connectivity index (χ4n) is 1.68. The number of carboxylic acids is 1. The molecule has 84 valence electrons. The second-order valence-electron chi connectivity index (χ2n) is 4.79. The van der Waals surface area contributed by atoms with Gasteiger partial charge in [-0.1, -0.05) is 0 Å². The Kier molecular flexibility index (Phi) is 2.22. The molecule has 0 atom stereocenters. The average molecular weight is 218 g/mol. The summed E-state index contributed by atoms with van der Waals surface area (Å²) >= 11 is 0. The van der Waals surface area contributed by atoms with Gasteiger partial charge in [-0.2, -0.15) is 0 Å². The van der Waals surface area contributed by atoms with Crippen LogP contribution in [0, 0.1) is 0 Å². The van der Waals surface area contributed by atoms with Gasteiger partial charge in [0.2, 0.25) is 0 Å². The van der Waals surface area contributed by atoms with Crippen LogP contribution < -0.4 is 0 Å². The fourth-order valence-corrected chi connectivity index (χ4v) is 1.68. The number of fused-ring (bicyclic) bond motifs is 1. The number of aromatic carboxylic acids is 1. The van der Waals surface area contributed by atoms with E-state index in [4.69, 9.17) is 5.11 Å². The fraction of sp³-hybridized carbons (Fsp3) is 0.333. The summed E-state index contributed by atoms with van der Waals surface area (Å²) in [6.07, 6.45) is 1.75. The molecule has 0 unspecified atom stereocenters. The van der Waals surface area contributed by atoms with Crippen LogP contribution in [-0.2, 0) is 5.54 Å². The summed E-state index contributed by atoms with van der Waals surface area (Å²) in [7, 11) is 0. The number of imidazole rings is 1. The summed E-state index contributed by atoms with van der Waals surface area (Å²) in [6.45, 7) is 6.17. The normalized spacial score (nSPS) is 11.9. The van der Waals surface area contributed by atoms with E-state index in [-0.39, 0.29) is 5.54 Å². The maximum Gasteiger partial charge on any atom is 0.335 e. The first-order valence-electron chi connectivity index (χ1n) is 5.10. The minimum absolute atomic E-state index is 0.105. The minimum atomic E-state index is -0.913. The van der Waals surface area contributed by atoms with E-state index in [9.17, 15) is 4.79 Å². The SMILES string of the molecule is CC(C)(C)n1cnc2ccc(C(=O)O)cc21. The summed E-state index contributed by atoms with van der Waals surface area (Å²) in [5.41, 5.74) is 1.86. The Morgan fingerprint density at radius 1 is 1.38 bits per heavy atom. The lowest BCUT2D eigenvalue weighted by molar-refractivity contribution is 0.0697. The second-order valence-corrected chi connectivity index (χ2v) is 4.79. The lowest BCUT2D eigenvalue weighted by atomic mass is 10.1. The van der Waals surface area contributed by atoms with Crippen LogP contribution in [0.15, 0.2) is 24.5 Å². The molecule has 0 saturated carbocycles. The maximum absolute atomic E-state index is 10.9. The molecule has 0 bridgehead atoms. The molecule has 0 fully saturated rings. The Morgan fingerprint density at radius 3 is 2.62 bits per heavy atom. The van der Waals surface area contributed by atoms with Gasteiger partial charge in [0.05, 0.1) is 22.9 Å². The monoisotopic (exact) mass is 218 g/mol. The zero-order valence-electron chi connectivity index (χ0n) is 9.56. The molecule has 4 nitrogen and oxygen atoms in total. The Labute approximate surface area is 93.5 Å². The smallest absolute Gasteiger partial charge is 0.335 e. The predicted octanol–water partition coefficient (Wildman–Crippen LogP) is 2.49. The summed E-state index contributed by atoms with van der Waals surface area (Å²) in [5, 5.41) is 8.95. The summed E-state index contributed by atoms with van der Waals surface area (Å²) < 4.78 is 1.98. The first-order chi connectivity index (χ1) is 7.39. The molecule has 1 heterocycles. The summed E-state index contributed by atoms with van der Waals surface area (Å²) in [5.74, 6) is -0.913. The van der Waals surface area contributed by atoms with Crippen molar-refractivity contribution in [1.29, 1.82) is 0 Å². The van der Waals surface area contributed by atoms with Crippen molar-refractivity contribution >= 4 is 17.0 Å². The Bertz CT molecular complexity index is 550. The maximum atomic E-state index is 10.9. The van der Waals surface area contributed by atoms with E-state index in [1.165, 1.54) is 0 Å². The highest BCUT2D eigenvalue weighted by Gasteiger charge is 2.16. The molecule has 16 heavy (non-hydrogen) atoms. The molecular weight excluding hydrogens is 204 g/mol. The first kappa shape index (κ1) is 10.7. The van der Waals surface area contributed by atoms with Gasteiger partial charge in [0.1, 0.15) is 0 Å². The van der Waals surface area contributed by atoms with E-state index in [2.05, 4.69) is 25.8 Å². The van der Waals surface area contributed by atoms with Gasteiger partial charge in [-0.15, -0.1) is 0 Å². The average Bonchev–Trinajstić information content (AvgIpc) is 2.58. The molecule has 0 aliphatic carbocycles. The van der Waals surface area contributed by atoms with Crippen LogP contribution in [0.3, 0.4) is 0 Å². The molecule has 0 aliphatic rings. The van der Waals surface area contributed by atoms with Gasteiger partial charge in [0.25, 0.3) is 0 Å². The van der Waals surface area contributed by atoms with Gasteiger partial charge in [-0.05, 0) is 39.0 Å². The molecule has 1 N–H and O–H groups in total. The largest absolute Gasteiger partial charge is 0.478 e. The van der Waals surface area contributed by atoms with Crippen LogP contribution in [0.2, 0.25) is 0 Å². The third kappa shape index (κ3) is 1.66. The standard InChI is InChI=1S/C12H14N2O2/c1-12(2,3)14-7-13-9-5-4-8(11(15)16)6-10(9)14/h4-7H,1-3H3,(H,15,16). The number of nitrogens with zero attached hydrogens (tertiary/aromatic N) is 2. The van der Waals surface area contributed by atoms with Crippen molar-refractivity contribution in [2.24, 2.45) is 0 Å². The van der Waals surface area contributed by atoms with E-state index in [1.54, 1.807) is 24.5 Å². The van der Waals surface area contributed by atoms with Crippen molar-refractivity contribution in [3.8, 4) is 0 Å². The van der Waals surface area contributed by atoms with Crippen LogP contribution in [0.4, 0.5) is 0 Å². The molecular formula is C12H14N2O2. The Morgan fingerprint density at radius 2 is 2.06 bits per heavy atom. The zero-order chi connectivity index (χ0) is 11.9. The Balaban J connectivity index is 2.70. The second kappa shape index (κ2) is 3.33. The lowest BCUT2D eigenvalue weighted by Crippen LogP contribution is -2.20. The number of hydrogen-bond donors (Lipinski definition) is 1. The molecule has 2 aromatic rings. The minimum Gasteiger partial charge on any atom is -0.478 e. The molecule has 0 amide bonds. The highest BCUT2D eigenvalue weighted by atomic mass is 16.4. The van der Waals surface area contributed by atoms with E-state index >= 15 is 0 Å². The molecule has 1 aromatic heterocycles. The topological polar surface area (TPSA) is 55.1 Å². The number of rotatable bonds is 1. The summed E-state index contributed by atoms with van der Waals surface area (Å²) in [4.78, 5) is 15.2. The van der Waals surface area contributed by atoms with Crippen molar-refractivity contribution in [3.63, 3.8) is 0 Å². The van der Waals surface area contributed by atoms with E-state index < -0.39 is 5.97 Å². The van der Waals surface area contributed by atoms with Crippen molar-refractivity contribution in [2.75, 3.05) is 0 Å². The van der Waals surface area contributed by atoms with Gasteiger partial charge in [0.15, 0.2) is 0 Å². The van der Waals surface area contributed by atoms with Crippen molar-refractivity contribution in [1.82, 2.24) is 9.55 Å². The summed E-state index contributed by atoms with van der Waals surface area (Å²) in [6, 6.07) is 4.97. The van der Waals surface area contributed by atoms with Crippen LogP contribution >= 0.6 is 0 Å².